The van der Waals surface area contributed by atoms with Crippen molar-refractivity contribution >= 4 is 41.4 Å². The number of ether oxygens (including phenoxy) is 1. The molecule has 3 fully saturated rings. The van der Waals surface area contributed by atoms with Gasteiger partial charge >= 0.3 is 12.3 Å². The average molecular weight is 457 g/mol. The number of nitrogens with one attached hydrogen (secondary N) is 4. The number of amides is 3. The van der Waals surface area contributed by atoms with Crippen molar-refractivity contribution in [2.24, 2.45) is 5.92 Å². The van der Waals surface area contributed by atoms with Crippen LogP contribution in [0.2, 0.25) is 0 Å². The first-order valence-electron chi connectivity index (χ1n) is 9.31. The van der Waals surface area contributed by atoms with Crippen LogP contribution in [-0.4, -0.2) is 71.6 Å². The van der Waals surface area contributed by atoms with Crippen molar-refractivity contribution in [3.63, 3.8) is 0 Å². The van der Waals surface area contributed by atoms with Gasteiger partial charge in [-0.05, 0) is 25.1 Å². The number of thioether (sulfide) groups is 2. The highest BCUT2D eigenvalue weighted by Gasteiger charge is 2.42. The number of alkyl halides is 3. The number of carbonyl (C=O) groups excluding carboxylic acids is 3. The summed E-state index contributed by atoms with van der Waals surface area (Å²) in [5.41, 5.74) is 0. The number of piperidine rings is 1. The van der Waals surface area contributed by atoms with Crippen LogP contribution in [0.25, 0.3) is 0 Å². The Morgan fingerprint density at radius 1 is 1.17 bits per heavy atom. The van der Waals surface area contributed by atoms with Gasteiger partial charge in [-0.3, -0.25) is 20.2 Å². The standard InChI is InChI=1S/C16H23F3N4O4S2/c17-16(18,19)3-5-27-15(26)23-11(24)8-2-6-28-13(8)22-12(25)14-21-9-7-20-4-1-10(9)29-14/h8-10,13-14,20-21H,1-7H2,(H,22,25)(H,23,24,26). The molecule has 0 bridgehead atoms. The zero-order chi connectivity index (χ0) is 21.0. The Hall–Kier alpha value is -1.18. The molecule has 3 aliphatic rings. The van der Waals surface area contributed by atoms with Crippen LogP contribution in [0.1, 0.15) is 19.3 Å². The Balaban J connectivity index is 1.45. The summed E-state index contributed by atoms with van der Waals surface area (Å²) in [4.78, 5) is 36.5. The molecule has 0 radical (unpaired) electrons. The first-order chi connectivity index (χ1) is 13.7. The lowest BCUT2D eigenvalue weighted by Crippen LogP contribution is -2.51. The average Bonchev–Trinajstić information content (AvgIpc) is 3.26. The molecule has 3 saturated heterocycles. The van der Waals surface area contributed by atoms with E-state index in [2.05, 4.69) is 20.7 Å². The van der Waals surface area contributed by atoms with Gasteiger partial charge in [-0.1, -0.05) is 0 Å². The SMILES string of the molecule is O=C(NC(=O)C1CCSC1NC(=O)C1NC2CNCCC2S1)OCCC(F)(F)F. The molecule has 3 heterocycles. The monoisotopic (exact) mass is 456 g/mol. The van der Waals surface area contributed by atoms with Crippen LogP contribution in [0.15, 0.2) is 0 Å². The van der Waals surface area contributed by atoms with Gasteiger partial charge in [-0.25, -0.2) is 4.79 Å². The van der Waals surface area contributed by atoms with E-state index < -0.39 is 47.9 Å². The summed E-state index contributed by atoms with van der Waals surface area (Å²) in [7, 11) is 0. The number of imide groups is 1. The van der Waals surface area contributed by atoms with E-state index in [0.717, 1.165) is 19.5 Å². The molecule has 8 nitrogen and oxygen atoms in total. The summed E-state index contributed by atoms with van der Waals surface area (Å²) in [5.74, 6) is -0.918. The number of fused-ring (bicyclic) bond motifs is 1. The third-order valence-electron chi connectivity index (χ3n) is 4.89. The van der Waals surface area contributed by atoms with E-state index in [0.29, 0.717) is 17.4 Å². The Morgan fingerprint density at radius 2 is 1.97 bits per heavy atom. The number of alkyl carbamates (subject to hydrolysis) is 1. The predicted octanol–water partition coefficient (Wildman–Crippen LogP) is 0.780. The summed E-state index contributed by atoms with van der Waals surface area (Å²) >= 11 is 2.98. The van der Waals surface area contributed by atoms with Crippen LogP contribution < -0.4 is 21.3 Å². The molecule has 4 N–H and O–H groups in total. The minimum absolute atomic E-state index is 0.214. The zero-order valence-corrected chi connectivity index (χ0v) is 17.1. The van der Waals surface area contributed by atoms with E-state index in [4.69, 9.17) is 0 Å². The van der Waals surface area contributed by atoms with Gasteiger partial charge in [-0.2, -0.15) is 13.2 Å². The molecular formula is C16H23F3N4O4S2. The molecule has 0 aromatic rings. The van der Waals surface area contributed by atoms with Crippen molar-refractivity contribution in [2.75, 3.05) is 25.4 Å². The predicted molar refractivity (Wildman–Crippen MR) is 102 cm³/mol. The molecule has 29 heavy (non-hydrogen) atoms. The van der Waals surface area contributed by atoms with Crippen molar-refractivity contribution in [1.82, 2.24) is 21.3 Å². The second kappa shape index (κ2) is 9.75. The van der Waals surface area contributed by atoms with Crippen LogP contribution in [0, 0.1) is 5.92 Å². The molecule has 0 saturated carbocycles. The summed E-state index contributed by atoms with van der Waals surface area (Å²) in [5, 5.41) is 10.9. The number of hydrogen-bond acceptors (Lipinski definition) is 8. The van der Waals surface area contributed by atoms with Crippen LogP contribution in [0.4, 0.5) is 18.0 Å². The van der Waals surface area contributed by atoms with Gasteiger partial charge < -0.3 is 15.4 Å². The smallest absolute Gasteiger partial charge is 0.413 e. The first kappa shape index (κ1) is 22.5. The van der Waals surface area contributed by atoms with Gasteiger partial charge in [0.05, 0.1) is 17.7 Å². The largest absolute Gasteiger partial charge is 0.449 e. The Labute approximate surface area is 174 Å². The normalized spacial score (nSPS) is 31.8. The van der Waals surface area contributed by atoms with Crippen LogP contribution in [0.5, 0.6) is 0 Å². The molecule has 164 valence electrons. The van der Waals surface area contributed by atoms with Gasteiger partial charge in [0.1, 0.15) is 12.0 Å². The highest BCUT2D eigenvalue weighted by molar-refractivity contribution is 8.01. The maximum Gasteiger partial charge on any atom is 0.413 e. The Morgan fingerprint density at radius 3 is 2.69 bits per heavy atom. The lowest BCUT2D eigenvalue weighted by Gasteiger charge is -2.24. The Kier molecular flexibility index (Phi) is 7.57. The van der Waals surface area contributed by atoms with Gasteiger partial charge in [0.2, 0.25) is 11.8 Å². The summed E-state index contributed by atoms with van der Waals surface area (Å²) in [6.07, 6.45) is -5.52. The van der Waals surface area contributed by atoms with E-state index in [9.17, 15) is 27.6 Å². The van der Waals surface area contributed by atoms with E-state index in [1.807, 2.05) is 5.32 Å². The van der Waals surface area contributed by atoms with Crippen molar-refractivity contribution < 1.29 is 32.3 Å². The van der Waals surface area contributed by atoms with Crippen molar-refractivity contribution in [1.29, 1.82) is 0 Å². The third kappa shape index (κ3) is 6.40. The molecule has 3 rings (SSSR count). The number of halogens is 3. The van der Waals surface area contributed by atoms with Gasteiger partial charge in [-0.15, -0.1) is 23.5 Å². The molecule has 0 aromatic heterocycles. The Bertz CT molecular complexity index is 626. The lowest BCUT2D eigenvalue weighted by atomic mass is 10.1. The molecule has 0 aliphatic carbocycles. The maximum atomic E-state index is 12.6. The fraction of sp³-hybridized carbons (Fsp3) is 0.812. The van der Waals surface area contributed by atoms with Gasteiger partial charge in [0, 0.05) is 17.8 Å². The number of rotatable bonds is 5. The van der Waals surface area contributed by atoms with Crippen molar-refractivity contribution in [2.45, 2.75) is 47.5 Å². The second-order valence-corrected chi connectivity index (χ2v) is 9.60. The molecule has 5 unspecified atom stereocenters. The van der Waals surface area contributed by atoms with E-state index >= 15 is 0 Å². The zero-order valence-electron chi connectivity index (χ0n) is 15.4. The number of hydrogen-bond donors (Lipinski definition) is 4. The molecule has 13 heteroatoms. The molecule has 5 atom stereocenters. The maximum absolute atomic E-state index is 12.6. The van der Waals surface area contributed by atoms with E-state index in [-0.39, 0.29) is 11.9 Å². The van der Waals surface area contributed by atoms with Crippen LogP contribution >= 0.6 is 23.5 Å². The van der Waals surface area contributed by atoms with Crippen molar-refractivity contribution in [3.8, 4) is 0 Å². The fourth-order valence-corrected chi connectivity index (χ4v) is 6.16. The van der Waals surface area contributed by atoms with E-state index in [1.54, 1.807) is 11.8 Å². The first-order valence-corrected chi connectivity index (χ1v) is 11.3. The lowest BCUT2D eigenvalue weighted by molar-refractivity contribution is -0.141. The molecule has 3 aliphatic heterocycles. The summed E-state index contributed by atoms with van der Waals surface area (Å²) < 4.78 is 40.6. The molecule has 0 spiro atoms. The quantitative estimate of drug-likeness (QED) is 0.481. The molecule has 0 aromatic carbocycles. The minimum atomic E-state index is -4.44. The highest BCUT2D eigenvalue weighted by Crippen LogP contribution is 2.34. The van der Waals surface area contributed by atoms with Gasteiger partial charge in [0.25, 0.3) is 0 Å². The third-order valence-corrected chi connectivity index (χ3v) is 7.70. The fourth-order valence-electron chi connectivity index (χ4n) is 3.41. The summed E-state index contributed by atoms with van der Waals surface area (Å²) in [6, 6.07) is 0.228. The number of carbonyl (C=O) groups is 3. The molecule has 3 amide bonds. The van der Waals surface area contributed by atoms with Crippen LogP contribution in [0.3, 0.4) is 0 Å². The minimum Gasteiger partial charge on any atom is -0.449 e. The summed E-state index contributed by atoms with van der Waals surface area (Å²) in [6.45, 7) is 0.870. The van der Waals surface area contributed by atoms with E-state index in [1.165, 1.54) is 11.8 Å². The second-order valence-electron chi connectivity index (χ2n) is 7.01. The van der Waals surface area contributed by atoms with Crippen molar-refractivity contribution in [3.05, 3.63) is 0 Å². The van der Waals surface area contributed by atoms with Gasteiger partial charge in [0.15, 0.2) is 0 Å². The molecular weight excluding hydrogens is 433 g/mol. The topological polar surface area (TPSA) is 109 Å². The van der Waals surface area contributed by atoms with Crippen LogP contribution in [-0.2, 0) is 14.3 Å². The highest BCUT2D eigenvalue weighted by atomic mass is 32.2.